The van der Waals surface area contributed by atoms with Crippen LogP contribution in [0.15, 0.2) is 30.7 Å². The van der Waals surface area contributed by atoms with Crippen LogP contribution in [0.5, 0.6) is 11.5 Å². The van der Waals surface area contributed by atoms with Crippen LogP contribution in [0, 0.1) is 0 Å². The van der Waals surface area contributed by atoms with Gasteiger partial charge in [0.25, 0.3) is 0 Å². The molecular formula is C18H21N5O2. The normalized spacial score (nSPS) is 13.9. The van der Waals surface area contributed by atoms with E-state index in [1.807, 2.05) is 25.4 Å². The lowest BCUT2D eigenvalue weighted by Crippen LogP contribution is -2.26. The summed E-state index contributed by atoms with van der Waals surface area (Å²) in [6.07, 6.45) is 5.79. The van der Waals surface area contributed by atoms with Crippen molar-refractivity contribution in [3.05, 3.63) is 36.3 Å². The number of benzene rings is 1. The number of nitrogens with zero attached hydrogens (tertiary/aromatic N) is 5. The first-order valence-corrected chi connectivity index (χ1v) is 8.31. The number of ether oxygens (including phenoxy) is 2. The molecule has 0 radical (unpaired) electrons. The fourth-order valence-corrected chi connectivity index (χ4v) is 3.11. The monoisotopic (exact) mass is 339 g/mol. The molecule has 3 aromatic rings. The van der Waals surface area contributed by atoms with Crippen LogP contribution in [0.4, 0.5) is 5.82 Å². The van der Waals surface area contributed by atoms with Gasteiger partial charge >= 0.3 is 0 Å². The third-order valence-corrected chi connectivity index (χ3v) is 4.60. The van der Waals surface area contributed by atoms with Gasteiger partial charge in [-0.2, -0.15) is 5.10 Å². The molecule has 1 saturated carbocycles. The lowest BCUT2D eigenvalue weighted by molar-refractivity contribution is 0.390. The summed E-state index contributed by atoms with van der Waals surface area (Å²) >= 11 is 0. The van der Waals surface area contributed by atoms with Crippen LogP contribution in [0.2, 0.25) is 0 Å². The summed E-state index contributed by atoms with van der Waals surface area (Å²) in [5, 5.41) is 5.30. The minimum absolute atomic E-state index is 0.491. The van der Waals surface area contributed by atoms with E-state index in [4.69, 9.17) is 9.47 Å². The third kappa shape index (κ3) is 2.86. The van der Waals surface area contributed by atoms with E-state index in [1.54, 1.807) is 25.2 Å². The predicted octanol–water partition coefficient (Wildman–Crippen LogP) is 2.55. The molecule has 0 bridgehead atoms. The Kier molecular flexibility index (Phi) is 3.91. The van der Waals surface area contributed by atoms with E-state index < -0.39 is 0 Å². The molecule has 0 spiro atoms. The highest BCUT2D eigenvalue weighted by atomic mass is 16.5. The first kappa shape index (κ1) is 15.7. The molecule has 7 nitrogen and oxygen atoms in total. The number of rotatable bonds is 6. The smallest absolute Gasteiger partial charge is 0.163 e. The first-order chi connectivity index (χ1) is 12.2. The first-order valence-electron chi connectivity index (χ1n) is 8.31. The molecule has 7 heteroatoms. The van der Waals surface area contributed by atoms with Gasteiger partial charge in [0.1, 0.15) is 23.6 Å². The largest absolute Gasteiger partial charge is 0.497 e. The molecule has 0 saturated heterocycles. The average Bonchev–Trinajstić information content (AvgIpc) is 3.42. The second kappa shape index (κ2) is 6.23. The molecule has 0 aliphatic heterocycles. The molecule has 1 aromatic carbocycles. The number of aromatic nitrogens is 4. The number of hydrogen-bond donors (Lipinski definition) is 0. The van der Waals surface area contributed by atoms with Crippen LogP contribution in [0.25, 0.3) is 11.0 Å². The lowest BCUT2D eigenvalue weighted by atomic mass is 10.1. The number of aryl methyl sites for hydroxylation is 1. The van der Waals surface area contributed by atoms with Gasteiger partial charge in [-0.05, 0) is 25.0 Å². The number of methoxy groups -OCH3 is 2. The molecule has 0 unspecified atom stereocenters. The maximum absolute atomic E-state index is 5.56. The molecule has 1 aliphatic rings. The van der Waals surface area contributed by atoms with Crippen LogP contribution in [0.1, 0.15) is 18.4 Å². The summed E-state index contributed by atoms with van der Waals surface area (Å²) < 4.78 is 12.6. The van der Waals surface area contributed by atoms with Crippen molar-refractivity contribution in [3.63, 3.8) is 0 Å². The van der Waals surface area contributed by atoms with Crippen LogP contribution in [0.3, 0.4) is 0 Å². The van der Waals surface area contributed by atoms with Gasteiger partial charge in [-0.3, -0.25) is 4.68 Å². The fraction of sp³-hybridized carbons (Fsp3) is 0.389. The van der Waals surface area contributed by atoms with Crippen molar-refractivity contribution in [2.24, 2.45) is 7.05 Å². The SMILES string of the molecule is COc1ccc(CN(c2ncnc3c2cnn3C)C2CC2)c(OC)c1. The fourth-order valence-electron chi connectivity index (χ4n) is 3.11. The Bertz CT molecular complexity index is 904. The van der Waals surface area contributed by atoms with Crippen molar-refractivity contribution in [1.82, 2.24) is 19.7 Å². The Morgan fingerprint density at radius 1 is 1.20 bits per heavy atom. The highest BCUT2D eigenvalue weighted by molar-refractivity contribution is 5.87. The molecule has 2 aromatic heterocycles. The summed E-state index contributed by atoms with van der Waals surface area (Å²) in [5.41, 5.74) is 1.95. The highest BCUT2D eigenvalue weighted by Gasteiger charge is 2.32. The Morgan fingerprint density at radius 3 is 2.76 bits per heavy atom. The summed E-state index contributed by atoms with van der Waals surface area (Å²) in [6, 6.07) is 6.42. The van der Waals surface area contributed by atoms with Crippen LogP contribution >= 0.6 is 0 Å². The van der Waals surface area contributed by atoms with Crippen molar-refractivity contribution >= 4 is 16.9 Å². The molecule has 130 valence electrons. The number of fused-ring (bicyclic) bond motifs is 1. The van der Waals surface area contributed by atoms with Crippen molar-refractivity contribution in [1.29, 1.82) is 0 Å². The molecule has 25 heavy (non-hydrogen) atoms. The third-order valence-electron chi connectivity index (χ3n) is 4.60. The predicted molar refractivity (Wildman–Crippen MR) is 95.1 cm³/mol. The molecule has 1 aliphatic carbocycles. The van der Waals surface area contributed by atoms with Gasteiger partial charge in [0.15, 0.2) is 5.65 Å². The summed E-state index contributed by atoms with van der Waals surface area (Å²) in [6.45, 7) is 0.721. The second-order valence-electron chi connectivity index (χ2n) is 6.24. The topological polar surface area (TPSA) is 65.3 Å². The Labute approximate surface area is 146 Å². The van der Waals surface area contributed by atoms with Crippen molar-refractivity contribution in [2.45, 2.75) is 25.4 Å². The van der Waals surface area contributed by atoms with Gasteiger partial charge in [0, 0.05) is 31.3 Å². The molecule has 2 heterocycles. The molecular weight excluding hydrogens is 318 g/mol. The quantitative estimate of drug-likeness (QED) is 0.688. The van der Waals surface area contributed by atoms with E-state index >= 15 is 0 Å². The van der Waals surface area contributed by atoms with Crippen LogP contribution in [-0.4, -0.2) is 40.0 Å². The van der Waals surface area contributed by atoms with Gasteiger partial charge in [-0.25, -0.2) is 9.97 Å². The minimum Gasteiger partial charge on any atom is -0.497 e. The minimum atomic E-state index is 0.491. The zero-order chi connectivity index (χ0) is 17.4. The van der Waals surface area contributed by atoms with E-state index in [0.717, 1.165) is 40.5 Å². The van der Waals surface area contributed by atoms with E-state index in [2.05, 4.69) is 26.0 Å². The molecule has 0 atom stereocenters. The molecule has 0 amide bonds. The summed E-state index contributed by atoms with van der Waals surface area (Å²) in [4.78, 5) is 11.2. The Morgan fingerprint density at radius 2 is 2.04 bits per heavy atom. The number of anilines is 1. The molecule has 1 fully saturated rings. The van der Waals surface area contributed by atoms with Crippen molar-refractivity contribution < 1.29 is 9.47 Å². The van der Waals surface area contributed by atoms with Crippen molar-refractivity contribution in [2.75, 3.05) is 19.1 Å². The van der Waals surface area contributed by atoms with Crippen molar-refractivity contribution in [3.8, 4) is 11.5 Å². The van der Waals surface area contributed by atoms with Gasteiger partial charge in [-0.15, -0.1) is 0 Å². The van der Waals surface area contributed by atoms with Crippen LogP contribution < -0.4 is 14.4 Å². The second-order valence-corrected chi connectivity index (χ2v) is 6.24. The average molecular weight is 339 g/mol. The number of hydrogen-bond acceptors (Lipinski definition) is 6. The summed E-state index contributed by atoms with van der Waals surface area (Å²) in [5.74, 6) is 2.54. The van der Waals surface area contributed by atoms with E-state index in [-0.39, 0.29) is 0 Å². The van der Waals surface area contributed by atoms with Gasteiger partial charge in [-0.1, -0.05) is 0 Å². The highest BCUT2D eigenvalue weighted by Crippen LogP contribution is 2.36. The van der Waals surface area contributed by atoms with Crippen LogP contribution in [-0.2, 0) is 13.6 Å². The molecule has 0 N–H and O–H groups in total. The Hall–Kier alpha value is -2.83. The standard InChI is InChI=1S/C18H21N5O2/c1-22-17-15(9-21-22)18(20-11-19-17)23(13-5-6-13)10-12-4-7-14(24-2)8-16(12)25-3/h4,7-9,11,13H,5-6,10H2,1-3H3. The van der Waals surface area contributed by atoms with E-state index in [1.165, 1.54) is 12.8 Å². The van der Waals surface area contributed by atoms with Gasteiger partial charge in [0.2, 0.25) is 0 Å². The molecule has 4 rings (SSSR count). The van der Waals surface area contributed by atoms with E-state index in [9.17, 15) is 0 Å². The zero-order valence-electron chi connectivity index (χ0n) is 14.6. The Balaban J connectivity index is 1.73. The van der Waals surface area contributed by atoms with Gasteiger partial charge in [0.05, 0.1) is 25.8 Å². The van der Waals surface area contributed by atoms with E-state index in [0.29, 0.717) is 6.04 Å². The van der Waals surface area contributed by atoms with Gasteiger partial charge < -0.3 is 14.4 Å². The summed E-state index contributed by atoms with van der Waals surface area (Å²) in [7, 11) is 5.24. The zero-order valence-corrected chi connectivity index (χ0v) is 14.6. The lowest BCUT2D eigenvalue weighted by Gasteiger charge is -2.25. The maximum Gasteiger partial charge on any atom is 0.163 e. The maximum atomic E-state index is 5.56.